The zero-order valence-electron chi connectivity index (χ0n) is 26.8. The van der Waals surface area contributed by atoms with Crippen molar-refractivity contribution in [3.8, 4) is 0 Å². The first-order valence-electron chi connectivity index (χ1n) is 18.8. The van der Waals surface area contributed by atoms with Crippen LogP contribution in [0.25, 0.3) is 10.4 Å². The van der Waals surface area contributed by atoms with Crippen molar-refractivity contribution in [1.82, 2.24) is 42.5 Å². The molecule has 45 heavy (non-hydrogen) atoms. The molecule has 12 heteroatoms. The van der Waals surface area contributed by atoms with Crippen LogP contribution in [-0.2, 0) is 16.5 Å². The van der Waals surface area contributed by atoms with Crippen LogP contribution in [0.3, 0.4) is 0 Å². The van der Waals surface area contributed by atoms with Crippen molar-refractivity contribution in [3.05, 3.63) is 10.4 Å². The van der Waals surface area contributed by atoms with Crippen molar-refractivity contribution >= 4 is 0 Å². The molecule has 0 amide bonds. The van der Waals surface area contributed by atoms with Gasteiger partial charge in [0, 0.05) is 27.9 Å². The molecular weight excluding hydrogens is 609 g/mol. The second-order valence-electron chi connectivity index (χ2n) is 16.3. The second kappa shape index (κ2) is 13.4. The van der Waals surface area contributed by atoms with Gasteiger partial charge < -0.3 is 0 Å². The van der Waals surface area contributed by atoms with E-state index in [0.717, 1.165) is 6.42 Å². The summed E-state index contributed by atoms with van der Waals surface area (Å²) in [5.41, 5.74) is 9.24. The van der Waals surface area contributed by atoms with Crippen LogP contribution in [0.2, 0.25) is 0 Å². The first-order valence-corrected chi connectivity index (χ1v) is 18.8. The number of hydrogen-bond acceptors (Lipinski definition) is 9. The van der Waals surface area contributed by atoms with E-state index in [9.17, 15) is 5.53 Å². The van der Waals surface area contributed by atoms with Gasteiger partial charge in [-0.15, -0.1) is 0 Å². The van der Waals surface area contributed by atoms with Gasteiger partial charge in [-0.2, -0.15) is 0 Å². The quantitative estimate of drug-likeness (QED) is 0.0973. The Hall–Kier alpha value is -0.516. The first-order chi connectivity index (χ1) is 21.7. The summed E-state index contributed by atoms with van der Waals surface area (Å²) >= 11 is 0. The van der Waals surface area contributed by atoms with E-state index in [-0.39, 0.29) is 28.8 Å². The monoisotopic (exact) mass is 665 g/mol. The Morgan fingerprint density at radius 1 is 0.422 bits per heavy atom. The zero-order valence-corrected chi connectivity index (χ0v) is 27.8. The molecule has 0 radical (unpaired) electrons. The summed E-state index contributed by atoms with van der Waals surface area (Å²) < 4.78 is 0. The molecule has 0 aromatic heterocycles. The number of nitrogens with zero attached hydrogens (tertiary/aromatic N) is 3. The minimum Gasteiger partial charge on any atom is -0.286 e. The molecule has 17 unspecified atom stereocenters. The van der Waals surface area contributed by atoms with Gasteiger partial charge in [-0.05, 0) is 110 Å². The van der Waals surface area contributed by atoms with Gasteiger partial charge in [-0.25, -0.2) is 0 Å². The van der Waals surface area contributed by atoms with Gasteiger partial charge in [0.2, 0.25) is 0 Å². The summed E-state index contributed by atoms with van der Waals surface area (Å²) in [7, 11) is 0. The largest absolute Gasteiger partial charge is 0.286 e. The van der Waals surface area contributed by atoms with E-state index in [1.807, 2.05) is 0 Å². The van der Waals surface area contributed by atoms with Crippen molar-refractivity contribution in [1.29, 1.82) is 0 Å². The molecule has 0 spiro atoms. The minimum absolute atomic E-state index is 0. The number of rotatable bonds is 2. The summed E-state index contributed by atoms with van der Waals surface area (Å²) in [5, 5.41) is 37.8. The van der Waals surface area contributed by atoms with Crippen LogP contribution in [-0.4, -0.2) is 55.9 Å². The molecule has 0 aromatic carbocycles. The molecule has 17 atom stereocenters. The third-order valence-corrected chi connectivity index (χ3v) is 14.4. The molecule has 11 nitrogen and oxygen atoms in total. The van der Waals surface area contributed by atoms with Crippen LogP contribution in [0, 0.1) is 53.3 Å². The van der Waals surface area contributed by atoms with E-state index in [1.165, 1.54) is 89.9 Å². The van der Waals surface area contributed by atoms with E-state index in [4.69, 9.17) is 0 Å². The van der Waals surface area contributed by atoms with E-state index < -0.39 is 0 Å². The molecule has 4 saturated carbocycles. The van der Waals surface area contributed by atoms with Gasteiger partial charge in [0.25, 0.3) is 0 Å². The molecule has 9 fully saturated rings. The third kappa shape index (κ3) is 5.71. The predicted molar refractivity (Wildman–Crippen MR) is 170 cm³/mol. The molecule has 5 heterocycles. The average Bonchev–Trinajstić information content (AvgIpc) is 3.79. The number of fused-ring (bicyclic) bond motifs is 20. The van der Waals surface area contributed by atoms with E-state index in [2.05, 4.69) is 52.6 Å². The van der Waals surface area contributed by atoms with Crippen LogP contribution >= 0.6 is 0 Å². The Kier molecular flexibility index (Phi) is 9.46. The topological polar surface area (TPSA) is 145 Å². The van der Waals surface area contributed by atoms with E-state index >= 15 is 0 Å². The fourth-order valence-corrected chi connectivity index (χ4v) is 12.5. The molecule has 8 bridgehead atoms. The van der Waals surface area contributed by atoms with E-state index in [0.29, 0.717) is 96.8 Å². The summed E-state index contributed by atoms with van der Waals surface area (Å²) in [6.45, 7) is 0.619. The van der Waals surface area contributed by atoms with Crippen LogP contribution in [0.15, 0.2) is 5.11 Å². The van der Waals surface area contributed by atoms with Gasteiger partial charge in [0.05, 0.1) is 49.3 Å². The molecule has 9 rings (SSSR count). The summed E-state index contributed by atoms with van der Waals surface area (Å²) in [6.07, 6.45) is 22.3. The summed E-state index contributed by atoms with van der Waals surface area (Å²) in [5.74, 6) is 5.53. The Labute approximate surface area is 279 Å². The van der Waals surface area contributed by atoms with Crippen molar-refractivity contribution in [2.75, 3.05) is 6.54 Å². The van der Waals surface area contributed by atoms with Crippen LogP contribution in [0.4, 0.5) is 0 Å². The summed E-state index contributed by atoms with van der Waals surface area (Å²) in [6, 6.07) is 0. The van der Waals surface area contributed by atoms with Gasteiger partial charge in [0.1, 0.15) is 0 Å². The maximum atomic E-state index is 9.24. The van der Waals surface area contributed by atoms with Crippen LogP contribution < -0.4 is 42.5 Å². The predicted octanol–water partition coefficient (Wildman–Crippen LogP) is 3.14. The fourth-order valence-electron chi connectivity index (χ4n) is 12.5. The van der Waals surface area contributed by atoms with Crippen molar-refractivity contribution < 1.29 is 16.5 Å². The summed E-state index contributed by atoms with van der Waals surface area (Å²) in [4.78, 5) is 3.20. The Balaban J connectivity index is 0.00000300. The molecule has 0 aromatic rings. The average molecular weight is 667 g/mol. The maximum Gasteiger partial charge on any atom is 0.0631 e. The molecule has 5 saturated heterocycles. The number of azide groups is 1. The molecule has 254 valence electrons. The molecular formula is C33H57N11Ni. The molecule has 5 aliphatic heterocycles. The Morgan fingerprint density at radius 2 is 0.733 bits per heavy atom. The smallest absolute Gasteiger partial charge is 0.0631 e. The fraction of sp³-hybridized carbons (Fsp3) is 1.00. The van der Waals surface area contributed by atoms with Gasteiger partial charge in [-0.1, -0.05) is 50.1 Å². The van der Waals surface area contributed by atoms with Gasteiger partial charge in [0.15, 0.2) is 0 Å². The van der Waals surface area contributed by atoms with Crippen LogP contribution in [0.5, 0.6) is 0 Å². The van der Waals surface area contributed by atoms with Crippen molar-refractivity contribution in [2.24, 2.45) is 58.4 Å². The van der Waals surface area contributed by atoms with Gasteiger partial charge >= 0.3 is 0 Å². The number of nitrogens with one attached hydrogen (secondary N) is 8. The van der Waals surface area contributed by atoms with Crippen molar-refractivity contribution in [3.63, 3.8) is 0 Å². The SMILES string of the molecule is [N-]=[N+]=NCC1CCCC2C3NC4NC(NC5NC(NC6NC(NC(N3)C12)C1CCCCC61)C1CCCCC51)C1CCCCC41.[Ni]. The zero-order chi connectivity index (χ0) is 29.2. The molecule has 9 aliphatic rings. The molecule has 4 aliphatic carbocycles. The molecule has 8 N–H and O–H groups in total. The Morgan fingerprint density at radius 3 is 1.09 bits per heavy atom. The number of hydrogen-bond donors (Lipinski definition) is 8. The van der Waals surface area contributed by atoms with Crippen LogP contribution in [0.1, 0.15) is 96.3 Å². The Bertz CT molecular complexity index is 1090. The normalized spacial score (nSPS) is 53.6. The third-order valence-electron chi connectivity index (χ3n) is 14.4. The van der Waals surface area contributed by atoms with E-state index in [1.54, 1.807) is 0 Å². The standard InChI is InChI=1S/C33H57N11.Ni/c34-44-35-16-17-8-7-15-24-25(17)33-42-31-23-14-6-5-13-22(23)29(40-31)38-27-19-10-2-1-9-18(19)26(36-27)37-28-20-11-3-4-12-21(20)30(39-28)41-32(24)43-33;/h17-33,36-43H,1-16H2;. The van der Waals surface area contributed by atoms with Crippen molar-refractivity contribution in [2.45, 2.75) is 146 Å². The second-order valence-corrected chi connectivity index (χ2v) is 16.3. The first kappa shape index (κ1) is 31.7. The van der Waals surface area contributed by atoms with Gasteiger partial charge in [-0.3, -0.25) is 42.5 Å². The maximum absolute atomic E-state index is 9.24. The minimum atomic E-state index is 0.